The van der Waals surface area contributed by atoms with Gasteiger partial charge in [-0.3, -0.25) is 14.6 Å². The molecule has 0 N–H and O–H groups in total. The van der Waals surface area contributed by atoms with Crippen LogP contribution in [0.15, 0.2) is 108 Å². The number of amides is 2. The van der Waals surface area contributed by atoms with Crippen LogP contribution in [-0.4, -0.2) is 21.7 Å². The van der Waals surface area contributed by atoms with Crippen molar-refractivity contribution in [2.24, 2.45) is 0 Å². The number of carbonyl (C=O) groups excluding carboxylic acids is 2. The third kappa shape index (κ3) is 3.99. The summed E-state index contributed by atoms with van der Waals surface area (Å²) in [5.41, 5.74) is 4.94. The van der Waals surface area contributed by atoms with Crippen LogP contribution in [0.5, 0.6) is 0 Å². The molecule has 2 amide bonds. The van der Waals surface area contributed by atoms with Crippen LogP contribution in [0.2, 0.25) is 0 Å². The van der Waals surface area contributed by atoms with Crippen molar-refractivity contribution in [3.05, 3.63) is 125 Å². The Bertz CT molecular complexity index is 1450. The monoisotopic (exact) mass is 455 g/mol. The number of hydrogen-bond acceptors (Lipinski definition) is 6. The van der Waals surface area contributed by atoms with Crippen molar-refractivity contribution in [3.63, 3.8) is 0 Å². The normalized spacial score (nSPS) is 14.2. The molecular formula is C28H17N5O2. The van der Waals surface area contributed by atoms with Crippen LogP contribution in [0.3, 0.4) is 0 Å². The Labute approximate surface area is 201 Å². The van der Waals surface area contributed by atoms with Gasteiger partial charge < -0.3 is 4.90 Å². The van der Waals surface area contributed by atoms with Crippen LogP contribution in [0, 0.1) is 22.7 Å². The van der Waals surface area contributed by atoms with Crippen LogP contribution in [0.4, 0.5) is 11.4 Å². The Kier molecular flexibility index (Phi) is 5.51. The second-order valence-electron chi connectivity index (χ2n) is 7.92. The minimum atomic E-state index is -0.427. The molecule has 3 aromatic rings. The number of fused-ring (bicyclic) bond motifs is 1. The molecular weight excluding hydrogens is 438 g/mol. The molecule has 2 aliphatic rings. The molecule has 0 saturated carbocycles. The summed E-state index contributed by atoms with van der Waals surface area (Å²) >= 11 is 0. The largest absolute Gasteiger partial charge is 0.311 e. The van der Waals surface area contributed by atoms with Crippen molar-refractivity contribution < 1.29 is 9.59 Å². The lowest BCUT2D eigenvalue weighted by molar-refractivity contribution is -0.121. The minimum absolute atomic E-state index is 0.335. The molecule has 1 aliphatic heterocycles. The predicted octanol–water partition coefficient (Wildman–Crippen LogP) is 4.74. The highest BCUT2D eigenvalue weighted by atomic mass is 16.2. The average Bonchev–Trinajstić information content (AvgIpc) is 3.25. The van der Waals surface area contributed by atoms with Crippen molar-refractivity contribution in [3.8, 4) is 12.1 Å². The number of hydrogen-bond donors (Lipinski definition) is 0. The maximum Gasteiger partial charge on any atom is 0.266 e. The number of aromatic nitrogens is 1. The van der Waals surface area contributed by atoms with E-state index in [1.807, 2.05) is 35.2 Å². The van der Waals surface area contributed by atoms with E-state index in [0.29, 0.717) is 28.7 Å². The molecule has 7 heteroatoms. The molecule has 0 radical (unpaired) electrons. The third-order valence-corrected chi connectivity index (χ3v) is 5.80. The van der Waals surface area contributed by atoms with Gasteiger partial charge in [-0.25, -0.2) is 4.90 Å². The fourth-order valence-corrected chi connectivity index (χ4v) is 4.04. The smallest absolute Gasteiger partial charge is 0.266 e. The van der Waals surface area contributed by atoms with E-state index in [-0.39, 0.29) is 5.91 Å². The highest BCUT2D eigenvalue weighted by Gasteiger charge is 2.34. The summed E-state index contributed by atoms with van der Waals surface area (Å²) in [6.45, 7) is 0. The van der Waals surface area contributed by atoms with Gasteiger partial charge in [0.15, 0.2) is 0 Å². The second-order valence-corrected chi connectivity index (χ2v) is 7.92. The zero-order valence-electron chi connectivity index (χ0n) is 18.4. The molecule has 0 fully saturated rings. The van der Waals surface area contributed by atoms with Gasteiger partial charge in [0.25, 0.3) is 11.8 Å². The molecule has 166 valence electrons. The molecule has 1 aromatic heterocycles. The first kappa shape index (κ1) is 21.6. The number of carbonyl (C=O) groups is 2. The first-order chi connectivity index (χ1) is 17.1. The van der Waals surface area contributed by atoms with Crippen molar-refractivity contribution in [1.82, 2.24) is 9.88 Å². The summed E-state index contributed by atoms with van der Waals surface area (Å²) in [7, 11) is 0. The van der Waals surface area contributed by atoms with E-state index in [2.05, 4.69) is 17.1 Å². The first-order valence-corrected chi connectivity index (χ1v) is 10.8. The molecule has 2 heterocycles. The predicted molar refractivity (Wildman–Crippen MR) is 129 cm³/mol. The average molecular weight is 455 g/mol. The van der Waals surface area contributed by atoms with E-state index in [9.17, 15) is 20.1 Å². The Morgan fingerprint density at radius 2 is 1.57 bits per heavy atom. The van der Waals surface area contributed by atoms with Crippen LogP contribution >= 0.6 is 0 Å². The SMILES string of the molecule is N#Cc1ccc(N(C2=CCC3=CN(C(=O)c4cccnc4)C(=O)C3=C2)c2ccc(C#N)cc2)cc1. The summed E-state index contributed by atoms with van der Waals surface area (Å²) in [5, 5.41) is 18.4. The molecule has 35 heavy (non-hydrogen) atoms. The Hall–Kier alpha value is -5.27. The minimum Gasteiger partial charge on any atom is -0.311 e. The van der Waals surface area contributed by atoms with Crippen molar-refractivity contribution in [2.45, 2.75) is 6.42 Å². The number of nitriles is 2. The lowest BCUT2D eigenvalue weighted by Gasteiger charge is -2.28. The number of anilines is 2. The number of allylic oxidation sites excluding steroid dienone is 2. The Balaban J connectivity index is 1.52. The maximum absolute atomic E-state index is 13.2. The molecule has 7 nitrogen and oxygen atoms in total. The molecule has 0 unspecified atom stereocenters. The second kappa shape index (κ2) is 8.93. The van der Waals surface area contributed by atoms with Gasteiger partial charge in [0.2, 0.25) is 0 Å². The molecule has 5 rings (SSSR count). The van der Waals surface area contributed by atoms with Gasteiger partial charge in [-0.2, -0.15) is 10.5 Å². The van der Waals surface area contributed by atoms with E-state index in [1.165, 1.54) is 6.20 Å². The van der Waals surface area contributed by atoms with Gasteiger partial charge in [0, 0.05) is 41.2 Å². The van der Waals surface area contributed by atoms with Gasteiger partial charge in [-0.15, -0.1) is 0 Å². The van der Waals surface area contributed by atoms with Crippen molar-refractivity contribution >= 4 is 23.2 Å². The van der Waals surface area contributed by atoms with Crippen LogP contribution in [0.1, 0.15) is 27.9 Å². The summed E-state index contributed by atoms with van der Waals surface area (Å²) < 4.78 is 0. The summed E-state index contributed by atoms with van der Waals surface area (Å²) in [5.74, 6) is -0.817. The highest BCUT2D eigenvalue weighted by molar-refractivity contribution is 6.15. The zero-order chi connectivity index (χ0) is 24.4. The topological polar surface area (TPSA) is 101 Å². The molecule has 0 bridgehead atoms. The third-order valence-electron chi connectivity index (χ3n) is 5.80. The Morgan fingerprint density at radius 1 is 0.943 bits per heavy atom. The quantitative estimate of drug-likeness (QED) is 0.527. The molecule has 0 atom stereocenters. The van der Waals surface area contributed by atoms with Gasteiger partial charge in [0.05, 0.1) is 28.8 Å². The van der Waals surface area contributed by atoms with E-state index in [0.717, 1.165) is 27.5 Å². The van der Waals surface area contributed by atoms with E-state index in [1.54, 1.807) is 54.9 Å². The van der Waals surface area contributed by atoms with Crippen molar-refractivity contribution in [2.75, 3.05) is 4.90 Å². The summed E-state index contributed by atoms with van der Waals surface area (Å²) in [4.78, 5) is 33.1. The number of imide groups is 1. The van der Waals surface area contributed by atoms with Crippen LogP contribution in [0.25, 0.3) is 0 Å². The number of nitrogens with zero attached hydrogens (tertiary/aromatic N) is 5. The van der Waals surface area contributed by atoms with Gasteiger partial charge in [-0.05, 0) is 78.7 Å². The first-order valence-electron chi connectivity index (χ1n) is 10.8. The number of pyridine rings is 1. The van der Waals surface area contributed by atoms with E-state index < -0.39 is 5.91 Å². The van der Waals surface area contributed by atoms with Gasteiger partial charge in [0.1, 0.15) is 0 Å². The lowest BCUT2D eigenvalue weighted by Crippen LogP contribution is -2.29. The standard InChI is InChI=1S/C28H17N5O2/c29-15-19-3-8-23(9-4-19)33(24-10-5-20(16-30)6-11-24)25-12-7-22-18-32(28(35)26(22)14-25)27(34)21-2-1-13-31-17-21/h1-6,8-14,17-18H,7H2. The number of rotatable bonds is 4. The fourth-order valence-electron chi connectivity index (χ4n) is 4.04. The van der Waals surface area contributed by atoms with Crippen LogP contribution < -0.4 is 4.90 Å². The molecule has 0 spiro atoms. The van der Waals surface area contributed by atoms with Gasteiger partial charge in [-0.1, -0.05) is 6.08 Å². The Morgan fingerprint density at radius 3 is 2.11 bits per heavy atom. The summed E-state index contributed by atoms with van der Waals surface area (Å²) in [6.07, 6.45) is 8.81. The van der Waals surface area contributed by atoms with Crippen LogP contribution in [-0.2, 0) is 4.79 Å². The molecule has 1 aliphatic carbocycles. The molecule has 0 saturated heterocycles. The van der Waals surface area contributed by atoms with Crippen molar-refractivity contribution in [1.29, 1.82) is 10.5 Å². The van der Waals surface area contributed by atoms with E-state index >= 15 is 0 Å². The van der Waals surface area contributed by atoms with Gasteiger partial charge >= 0.3 is 0 Å². The summed E-state index contributed by atoms with van der Waals surface area (Å²) in [6, 6.07) is 21.7. The highest BCUT2D eigenvalue weighted by Crippen LogP contribution is 2.37. The number of benzene rings is 2. The molecule has 2 aromatic carbocycles. The zero-order valence-corrected chi connectivity index (χ0v) is 18.4. The lowest BCUT2D eigenvalue weighted by atomic mass is 9.97. The fraction of sp³-hybridized carbons (Fsp3) is 0.0357. The maximum atomic E-state index is 13.2. The van der Waals surface area contributed by atoms with E-state index in [4.69, 9.17) is 0 Å².